The number of esters is 1. The van der Waals surface area contributed by atoms with Gasteiger partial charge in [0.15, 0.2) is 6.10 Å². The predicted octanol–water partition coefficient (Wildman–Crippen LogP) is 3.12. The molecule has 0 aliphatic carbocycles. The minimum atomic E-state index is -2.12. The van der Waals surface area contributed by atoms with Crippen molar-refractivity contribution < 1.29 is 28.5 Å². The lowest BCUT2D eigenvalue weighted by atomic mass is 9.96. The number of hydrogen-bond donors (Lipinski definition) is 2. The van der Waals surface area contributed by atoms with E-state index in [4.69, 9.17) is 59.2 Å². The number of ether oxygens (including phenoxy) is 4. The van der Waals surface area contributed by atoms with E-state index in [0.29, 0.717) is 0 Å². The fraction of sp³-hybridized carbons (Fsp3) is 0.526. The molecule has 30 heavy (non-hydrogen) atoms. The normalized spacial score (nSPS) is 26.5. The molecule has 1 aromatic rings. The van der Waals surface area contributed by atoms with Crippen molar-refractivity contribution in [2.24, 2.45) is 0 Å². The van der Waals surface area contributed by atoms with E-state index in [2.05, 4.69) is 5.32 Å². The molecule has 8 nitrogen and oxygen atoms in total. The van der Waals surface area contributed by atoms with Gasteiger partial charge >= 0.3 is 5.97 Å². The maximum absolute atomic E-state index is 11.9. The van der Waals surface area contributed by atoms with Crippen LogP contribution in [-0.4, -0.2) is 52.2 Å². The first-order valence-electron chi connectivity index (χ1n) is 9.06. The van der Waals surface area contributed by atoms with Crippen LogP contribution in [0.5, 0.6) is 0 Å². The van der Waals surface area contributed by atoms with Crippen molar-refractivity contribution in [3.05, 3.63) is 35.9 Å². The number of hydrogen-bond acceptors (Lipinski definition) is 7. The van der Waals surface area contributed by atoms with Gasteiger partial charge in [0.25, 0.3) is 3.79 Å². The van der Waals surface area contributed by atoms with Gasteiger partial charge in [0.2, 0.25) is 18.1 Å². The molecule has 1 aromatic carbocycles. The number of halogens is 3. The van der Waals surface area contributed by atoms with Crippen LogP contribution in [0.15, 0.2) is 30.3 Å². The molecule has 1 amide bonds. The Labute approximate surface area is 189 Å². The maximum Gasteiger partial charge on any atom is 0.303 e. The molecule has 1 saturated heterocycles. The molecular weight excluding hydrogens is 459 g/mol. The minimum Gasteiger partial charge on any atom is -0.457 e. The molecule has 1 heterocycles. The van der Waals surface area contributed by atoms with Crippen molar-refractivity contribution in [2.75, 3.05) is 0 Å². The van der Waals surface area contributed by atoms with Gasteiger partial charge in [0.05, 0.1) is 12.7 Å². The Hall–Kier alpha value is -1.58. The molecule has 1 fully saturated rings. The second kappa shape index (κ2) is 10.6. The number of amides is 1. The average Bonchev–Trinajstić information content (AvgIpc) is 2.63. The highest BCUT2D eigenvalue weighted by Crippen LogP contribution is 2.32. The maximum atomic E-state index is 11.9. The Balaban J connectivity index is 2.33. The van der Waals surface area contributed by atoms with Crippen LogP contribution in [0.3, 0.4) is 0 Å². The topological polar surface area (TPSA) is 107 Å². The first-order chi connectivity index (χ1) is 14.0. The van der Waals surface area contributed by atoms with E-state index >= 15 is 0 Å². The number of nitrogens with one attached hydrogen (secondary N) is 2. The van der Waals surface area contributed by atoms with Gasteiger partial charge in [0.1, 0.15) is 12.1 Å². The zero-order valence-corrected chi connectivity index (χ0v) is 18.8. The highest BCUT2D eigenvalue weighted by molar-refractivity contribution is 6.76. The number of alkyl halides is 3. The van der Waals surface area contributed by atoms with E-state index in [1.165, 1.54) is 13.8 Å². The monoisotopic (exact) mass is 480 g/mol. The molecule has 0 spiro atoms. The van der Waals surface area contributed by atoms with Crippen LogP contribution in [0.4, 0.5) is 0 Å². The molecule has 2 rings (SSSR count). The van der Waals surface area contributed by atoms with Gasteiger partial charge in [-0.2, -0.15) is 0 Å². The summed E-state index contributed by atoms with van der Waals surface area (Å²) >= 11 is 17.2. The van der Waals surface area contributed by atoms with Gasteiger partial charge < -0.3 is 24.3 Å². The molecule has 0 aromatic heterocycles. The van der Waals surface area contributed by atoms with E-state index in [1.54, 1.807) is 6.92 Å². The quantitative estimate of drug-likeness (QED) is 0.280. The summed E-state index contributed by atoms with van der Waals surface area (Å²) in [6.07, 6.45) is -3.78. The Kier molecular flexibility index (Phi) is 8.75. The summed E-state index contributed by atoms with van der Waals surface area (Å²) in [6.45, 7) is 4.33. The molecule has 2 N–H and O–H groups in total. The van der Waals surface area contributed by atoms with Crippen LogP contribution >= 0.6 is 34.8 Å². The molecule has 11 heteroatoms. The Bertz CT molecular complexity index is 758. The summed E-state index contributed by atoms with van der Waals surface area (Å²) in [4.78, 5) is 23.5. The van der Waals surface area contributed by atoms with Crippen molar-refractivity contribution in [2.45, 2.75) is 61.8 Å². The van der Waals surface area contributed by atoms with Gasteiger partial charge in [-0.1, -0.05) is 65.1 Å². The van der Waals surface area contributed by atoms with E-state index in [0.717, 1.165) is 5.56 Å². The lowest BCUT2D eigenvalue weighted by Gasteiger charge is -2.44. The molecular formula is C19H23Cl3N2O6. The van der Waals surface area contributed by atoms with E-state index < -0.39 is 46.3 Å². The SMILES string of the molecule is CC(=O)N[C@H]1[C@@H](OC(C)=O)[C@@H](C)O[C@H](OC(=N)C(Cl)(Cl)Cl)[C@@H]1OCc1ccccc1. The summed E-state index contributed by atoms with van der Waals surface area (Å²) < 4.78 is 20.5. The third kappa shape index (κ3) is 6.99. The first kappa shape index (κ1) is 24.7. The molecule has 1 aliphatic rings. The largest absolute Gasteiger partial charge is 0.457 e. The van der Waals surface area contributed by atoms with Crippen LogP contribution in [0.25, 0.3) is 0 Å². The van der Waals surface area contributed by atoms with Crippen LogP contribution in [-0.2, 0) is 35.1 Å². The Morgan fingerprint density at radius 3 is 2.30 bits per heavy atom. The summed E-state index contributed by atoms with van der Waals surface area (Å²) in [5.41, 5.74) is 0.844. The first-order valence-corrected chi connectivity index (χ1v) is 10.2. The number of benzene rings is 1. The fourth-order valence-corrected chi connectivity index (χ4v) is 3.13. The van der Waals surface area contributed by atoms with E-state index in [-0.39, 0.29) is 12.5 Å². The zero-order valence-electron chi connectivity index (χ0n) is 16.6. The van der Waals surface area contributed by atoms with Crippen LogP contribution < -0.4 is 5.32 Å². The van der Waals surface area contributed by atoms with E-state index in [9.17, 15) is 9.59 Å². The molecule has 166 valence electrons. The van der Waals surface area contributed by atoms with Gasteiger partial charge in [-0.3, -0.25) is 15.0 Å². The number of rotatable bonds is 6. The van der Waals surface area contributed by atoms with Crippen LogP contribution in [0.1, 0.15) is 26.3 Å². The lowest BCUT2D eigenvalue weighted by Crippen LogP contribution is -2.65. The molecule has 5 atom stereocenters. The van der Waals surface area contributed by atoms with Crippen molar-refractivity contribution in [1.29, 1.82) is 5.41 Å². The number of carbonyl (C=O) groups excluding carboxylic acids is 2. The Morgan fingerprint density at radius 1 is 1.13 bits per heavy atom. The van der Waals surface area contributed by atoms with Gasteiger partial charge in [-0.15, -0.1) is 0 Å². The Morgan fingerprint density at radius 2 is 1.77 bits per heavy atom. The molecule has 0 bridgehead atoms. The van der Waals surface area contributed by atoms with E-state index in [1.807, 2.05) is 30.3 Å². The average molecular weight is 482 g/mol. The van der Waals surface area contributed by atoms with Crippen LogP contribution in [0.2, 0.25) is 0 Å². The third-order valence-electron chi connectivity index (χ3n) is 4.24. The highest BCUT2D eigenvalue weighted by Gasteiger charge is 2.50. The van der Waals surface area contributed by atoms with Crippen molar-refractivity contribution in [1.82, 2.24) is 5.32 Å². The summed E-state index contributed by atoms with van der Waals surface area (Å²) in [5.74, 6) is -1.61. The predicted molar refractivity (Wildman–Crippen MR) is 112 cm³/mol. The summed E-state index contributed by atoms with van der Waals surface area (Å²) in [6, 6.07) is 8.41. The molecule has 1 aliphatic heterocycles. The fourth-order valence-electron chi connectivity index (χ4n) is 3.00. The molecule has 0 radical (unpaired) electrons. The van der Waals surface area contributed by atoms with Crippen molar-refractivity contribution in [3.63, 3.8) is 0 Å². The standard InChI is InChI=1S/C19H23Cl3N2O6/c1-10-15(29-12(3)26)14(24-11(2)25)16(27-9-13-7-5-4-6-8-13)17(28-10)30-18(23)19(20,21)22/h4-8,10,14-17,23H,9H2,1-3H3,(H,24,25)/t10-,14+,15+,16-,17-/m1/s1. The van der Waals surface area contributed by atoms with Gasteiger partial charge in [-0.05, 0) is 12.5 Å². The van der Waals surface area contributed by atoms with Gasteiger partial charge in [-0.25, -0.2) is 0 Å². The van der Waals surface area contributed by atoms with Crippen LogP contribution in [0, 0.1) is 5.41 Å². The smallest absolute Gasteiger partial charge is 0.303 e. The second-order valence-corrected chi connectivity index (χ2v) is 9.00. The van der Waals surface area contributed by atoms with Gasteiger partial charge in [0, 0.05) is 13.8 Å². The van der Waals surface area contributed by atoms with Crippen molar-refractivity contribution in [3.8, 4) is 0 Å². The number of carbonyl (C=O) groups is 2. The molecule has 0 saturated carbocycles. The lowest BCUT2D eigenvalue weighted by molar-refractivity contribution is -0.263. The minimum absolute atomic E-state index is 0.132. The van der Waals surface area contributed by atoms with Crippen molar-refractivity contribution >= 4 is 52.6 Å². The summed E-state index contributed by atoms with van der Waals surface area (Å²) in [5, 5.41) is 10.6. The summed E-state index contributed by atoms with van der Waals surface area (Å²) in [7, 11) is 0. The zero-order chi connectivity index (χ0) is 22.5. The second-order valence-electron chi connectivity index (χ2n) is 6.72. The molecule has 0 unspecified atom stereocenters. The third-order valence-corrected chi connectivity index (χ3v) is 4.75. The highest BCUT2D eigenvalue weighted by atomic mass is 35.6.